The molecule has 1 aromatic heterocycles. The van der Waals surface area contributed by atoms with E-state index in [-0.39, 0.29) is 11.3 Å². The van der Waals surface area contributed by atoms with E-state index in [1.54, 1.807) is 11.9 Å². The molecule has 1 aromatic rings. The standard InChI is InChI=1S/C12H21N3O2/c1-8-6-9(14-17-8)7-15(5)11(16)10(13)12(2,3)4/h6,10H,7,13H2,1-5H3/t10-/m0/s1. The number of nitrogens with zero attached hydrogens (tertiary/aromatic N) is 2. The molecule has 0 bridgehead atoms. The summed E-state index contributed by atoms with van der Waals surface area (Å²) in [7, 11) is 1.72. The van der Waals surface area contributed by atoms with E-state index < -0.39 is 6.04 Å². The number of likely N-dealkylation sites (N-methyl/N-ethyl adjacent to an activating group) is 1. The highest BCUT2D eigenvalue weighted by Gasteiger charge is 2.29. The van der Waals surface area contributed by atoms with E-state index >= 15 is 0 Å². The summed E-state index contributed by atoms with van der Waals surface area (Å²) in [5.74, 6) is 0.652. The van der Waals surface area contributed by atoms with Crippen LogP contribution in [0.3, 0.4) is 0 Å². The fraction of sp³-hybridized carbons (Fsp3) is 0.667. The van der Waals surface area contributed by atoms with Gasteiger partial charge in [-0.2, -0.15) is 0 Å². The number of hydrogen-bond acceptors (Lipinski definition) is 4. The van der Waals surface area contributed by atoms with Gasteiger partial charge < -0.3 is 15.2 Å². The average molecular weight is 239 g/mol. The van der Waals surface area contributed by atoms with E-state index in [0.717, 1.165) is 11.5 Å². The molecule has 5 heteroatoms. The zero-order valence-electron chi connectivity index (χ0n) is 11.2. The van der Waals surface area contributed by atoms with Gasteiger partial charge in [-0.3, -0.25) is 4.79 Å². The van der Waals surface area contributed by atoms with Crippen LogP contribution in [0.15, 0.2) is 10.6 Å². The van der Waals surface area contributed by atoms with Crippen molar-refractivity contribution in [1.82, 2.24) is 10.1 Å². The van der Waals surface area contributed by atoms with Crippen molar-refractivity contribution >= 4 is 5.91 Å². The van der Waals surface area contributed by atoms with Gasteiger partial charge in [-0.25, -0.2) is 0 Å². The highest BCUT2D eigenvalue weighted by atomic mass is 16.5. The Morgan fingerprint density at radius 2 is 2.18 bits per heavy atom. The number of aryl methyl sites for hydroxylation is 1. The van der Waals surface area contributed by atoms with Crippen molar-refractivity contribution in [2.24, 2.45) is 11.1 Å². The molecule has 5 nitrogen and oxygen atoms in total. The molecule has 96 valence electrons. The predicted molar refractivity (Wildman–Crippen MR) is 65.1 cm³/mol. The Labute approximate surface area is 102 Å². The molecule has 0 spiro atoms. The molecule has 1 heterocycles. The van der Waals surface area contributed by atoms with Crippen molar-refractivity contribution in [2.75, 3.05) is 7.05 Å². The molecule has 0 saturated carbocycles. The first-order valence-electron chi connectivity index (χ1n) is 5.64. The SMILES string of the molecule is Cc1cc(CN(C)C(=O)[C@H](N)C(C)(C)C)no1. The summed E-state index contributed by atoms with van der Waals surface area (Å²) in [6.45, 7) is 8.08. The third-order valence-corrected chi connectivity index (χ3v) is 2.65. The molecule has 1 amide bonds. The fourth-order valence-corrected chi connectivity index (χ4v) is 1.42. The quantitative estimate of drug-likeness (QED) is 0.863. The van der Waals surface area contributed by atoms with Crippen molar-refractivity contribution in [3.05, 3.63) is 17.5 Å². The topological polar surface area (TPSA) is 72.4 Å². The maximum atomic E-state index is 12.0. The van der Waals surface area contributed by atoms with Crippen LogP contribution >= 0.6 is 0 Å². The van der Waals surface area contributed by atoms with E-state index in [0.29, 0.717) is 6.54 Å². The van der Waals surface area contributed by atoms with Crippen LogP contribution in [0.5, 0.6) is 0 Å². The van der Waals surface area contributed by atoms with Crippen molar-refractivity contribution in [1.29, 1.82) is 0 Å². The minimum absolute atomic E-state index is 0.0850. The van der Waals surface area contributed by atoms with Gasteiger partial charge in [-0.15, -0.1) is 0 Å². The van der Waals surface area contributed by atoms with Crippen molar-refractivity contribution in [2.45, 2.75) is 40.3 Å². The van der Waals surface area contributed by atoms with E-state index in [1.807, 2.05) is 33.8 Å². The van der Waals surface area contributed by atoms with E-state index in [9.17, 15) is 4.79 Å². The van der Waals surface area contributed by atoms with Crippen molar-refractivity contribution in [3.63, 3.8) is 0 Å². The zero-order valence-corrected chi connectivity index (χ0v) is 11.2. The Bertz CT molecular complexity index is 393. The minimum atomic E-state index is -0.513. The molecular weight excluding hydrogens is 218 g/mol. The lowest BCUT2D eigenvalue weighted by molar-refractivity contribution is -0.134. The number of aromatic nitrogens is 1. The minimum Gasteiger partial charge on any atom is -0.361 e. The average Bonchev–Trinajstić information content (AvgIpc) is 2.60. The lowest BCUT2D eigenvalue weighted by Gasteiger charge is -2.29. The molecule has 0 saturated heterocycles. The summed E-state index contributed by atoms with van der Waals surface area (Å²) >= 11 is 0. The largest absolute Gasteiger partial charge is 0.361 e. The first kappa shape index (κ1) is 13.7. The number of carbonyl (C=O) groups excluding carboxylic acids is 1. The van der Waals surface area contributed by atoms with Gasteiger partial charge in [0.15, 0.2) is 0 Å². The smallest absolute Gasteiger partial charge is 0.240 e. The summed E-state index contributed by atoms with van der Waals surface area (Å²) in [6, 6.07) is 1.30. The first-order chi connectivity index (χ1) is 7.71. The Hall–Kier alpha value is -1.36. The van der Waals surface area contributed by atoms with Gasteiger partial charge in [0.05, 0.1) is 12.6 Å². The summed E-state index contributed by atoms with van der Waals surface area (Å²) in [6.07, 6.45) is 0. The van der Waals surface area contributed by atoms with Gasteiger partial charge in [-0.05, 0) is 12.3 Å². The maximum Gasteiger partial charge on any atom is 0.240 e. The monoisotopic (exact) mass is 239 g/mol. The number of carbonyl (C=O) groups is 1. The van der Waals surface area contributed by atoms with E-state index in [4.69, 9.17) is 10.3 Å². The zero-order chi connectivity index (χ0) is 13.2. The van der Waals surface area contributed by atoms with Gasteiger partial charge in [0.25, 0.3) is 0 Å². The molecule has 0 fully saturated rings. The molecule has 0 radical (unpaired) electrons. The molecule has 0 aliphatic rings. The highest BCUT2D eigenvalue weighted by Crippen LogP contribution is 2.19. The molecule has 0 aliphatic heterocycles. The second kappa shape index (κ2) is 4.87. The summed E-state index contributed by atoms with van der Waals surface area (Å²) in [4.78, 5) is 13.6. The van der Waals surface area contributed by atoms with Crippen molar-refractivity contribution in [3.8, 4) is 0 Å². The maximum absolute atomic E-state index is 12.0. The van der Waals surface area contributed by atoms with Gasteiger partial charge in [0.1, 0.15) is 11.5 Å². The molecule has 1 atom stereocenters. The summed E-state index contributed by atoms with van der Waals surface area (Å²) in [5, 5.41) is 3.85. The Morgan fingerprint density at radius 1 is 1.59 bits per heavy atom. The lowest BCUT2D eigenvalue weighted by atomic mass is 9.86. The van der Waals surface area contributed by atoms with E-state index in [2.05, 4.69) is 5.16 Å². The lowest BCUT2D eigenvalue weighted by Crippen LogP contribution is -2.48. The normalized spacial score (nSPS) is 13.5. The molecule has 17 heavy (non-hydrogen) atoms. The molecular formula is C12H21N3O2. The van der Waals surface area contributed by atoms with Crippen LogP contribution in [0, 0.1) is 12.3 Å². The summed E-state index contributed by atoms with van der Waals surface area (Å²) in [5.41, 5.74) is 6.41. The third-order valence-electron chi connectivity index (χ3n) is 2.65. The molecule has 1 rings (SSSR count). The van der Waals surface area contributed by atoms with Crippen LogP contribution in [0.25, 0.3) is 0 Å². The highest BCUT2D eigenvalue weighted by molar-refractivity contribution is 5.82. The third kappa shape index (κ3) is 3.56. The molecule has 0 unspecified atom stereocenters. The van der Waals surface area contributed by atoms with Crippen LogP contribution in [-0.2, 0) is 11.3 Å². The Morgan fingerprint density at radius 3 is 2.59 bits per heavy atom. The molecule has 0 aliphatic carbocycles. The second-order valence-corrected chi connectivity index (χ2v) is 5.47. The molecule has 0 aromatic carbocycles. The first-order valence-corrected chi connectivity index (χ1v) is 5.64. The fourth-order valence-electron chi connectivity index (χ4n) is 1.42. The van der Waals surface area contributed by atoms with Gasteiger partial charge in [0.2, 0.25) is 5.91 Å². The molecule has 2 N–H and O–H groups in total. The van der Waals surface area contributed by atoms with Gasteiger partial charge >= 0.3 is 0 Å². The number of amides is 1. The second-order valence-electron chi connectivity index (χ2n) is 5.47. The Kier molecular flexibility index (Phi) is 3.93. The van der Waals surface area contributed by atoms with Crippen LogP contribution in [0.1, 0.15) is 32.2 Å². The van der Waals surface area contributed by atoms with Gasteiger partial charge in [0, 0.05) is 13.1 Å². The number of rotatable bonds is 3. The predicted octanol–water partition coefficient (Wildman–Crippen LogP) is 1.31. The van der Waals surface area contributed by atoms with Crippen LogP contribution in [0.4, 0.5) is 0 Å². The van der Waals surface area contributed by atoms with Crippen LogP contribution in [-0.4, -0.2) is 29.1 Å². The van der Waals surface area contributed by atoms with Crippen LogP contribution < -0.4 is 5.73 Å². The Balaban J connectivity index is 2.65. The van der Waals surface area contributed by atoms with E-state index in [1.165, 1.54) is 0 Å². The number of hydrogen-bond donors (Lipinski definition) is 1. The van der Waals surface area contributed by atoms with Crippen LogP contribution in [0.2, 0.25) is 0 Å². The van der Waals surface area contributed by atoms with Crippen molar-refractivity contribution < 1.29 is 9.32 Å². The number of nitrogens with two attached hydrogens (primary N) is 1. The summed E-state index contributed by atoms with van der Waals surface area (Å²) < 4.78 is 4.95. The van der Waals surface area contributed by atoms with Gasteiger partial charge in [-0.1, -0.05) is 25.9 Å².